The maximum atomic E-state index is 9.14. The van der Waals surface area contributed by atoms with E-state index in [-0.39, 0.29) is 18.7 Å². The zero-order chi connectivity index (χ0) is 23.4. The quantitative estimate of drug-likeness (QED) is 0.498. The average molecular weight is 455 g/mol. The number of piperazine rings is 1. The van der Waals surface area contributed by atoms with Gasteiger partial charge in [0, 0.05) is 45.3 Å². The Kier molecular flexibility index (Phi) is 7.24. The molecule has 0 saturated carbocycles. The Labute approximate surface area is 194 Å². The van der Waals surface area contributed by atoms with Crippen LogP contribution in [0.3, 0.4) is 0 Å². The summed E-state index contributed by atoms with van der Waals surface area (Å²) in [6.07, 6.45) is 6.29. The number of imidazole rings is 1. The fourth-order valence-corrected chi connectivity index (χ4v) is 4.33. The number of aromatic nitrogens is 5. The predicted octanol–water partition coefficient (Wildman–Crippen LogP) is 1.68. The first-order valence-electron chi connectivity index (χ1n) is 11.7. The van der Waals surface area contributed by atoms with Gasteiger partial charge in [0.15, 0.2) is 11.5 Å². The minimum absolute atomic E-state index is 0.0173. The Bertz CT molecular complexity index is 1080. The van der Waals surface area contributed by atoms with E-state index >= 15 is 0 Å². The molecule has 1 aliphatic rings. The molecular weight excluding hydrogens is 420 g/mol. The van der Waals surface area contributed by atoms with E-state index in [4.69, 9.17) is 20.6 Å². The number of hydrogen-bond acceptors (Lipinski definition) is 9. The number of aliphatic hydroxyl groups excluding tert-OH is 1. The molecule has 10 nitrogen and oxygen atoms in total. The zero-order valence-electron chi connectivity index (χ0n) is 19.7. The molecule has 1 atom stereocenters. The van der Waals surface area contributed by atoms with Gasteiger partial charge >= 0.3 is 6.01 Å². The van der Waals surface area contributed by atoms with Crippen LogP contribution in [0.1, 0.15) is 43.5 Å². The van der Waals surface area contributed by atoms with Gasteiger partial charge in [-0.3, -0.25) is 4.90 Å². The highest BCUT2D eigenvalue weighted by Gasteiger charge is 2.20. The molecule has 0 unspecified atom stereocenters. The van der Waals surface area contributed by atoms with Crippen molar-refractivity contribution in [3.05, 3.63) is 35.3 Å². The van der Waals surface area contributed by atoms with E-state index in [1.54, 1.807) is 10.7 Å². The van der Waals surface area contributed by atoms with E-state index in [0.29, 0.717) is 17.9 Å². The number of nitrogens with two attached hydrogens (primary N) is 1. The summed E-state index contributed by atoms with van der Waals surface area (Å²) in [4.78, 5) is 18.0. The fourth-order valence-electron chi connectivity index (χ4n) is 4.33. The van der Waals surface area contributed by atoms with Gasteiger partial charge in [-0.1, -0.05) is 19.4 Å². The molecule has 1 fully saturated rings. The molecule has 178 valence electrons. The number of hydrogen-bond donors (Lipinski definition) is 2. The van der Waals surface area contributed by atoms with Crippen molar-refractivity contribution < 1.29 is 9.84 Å². The molecule has 3 aromatic heterocycles. The molecule has 0 spiro atoms. The Morgan fingerprint density at radius 3 is 2.67 bits per heavy atom. The van der Waals surface area contributed by atoms with E-state index in [0.717, 1.165) is 68.2 Å². The SMILES string of the molecule is CCC[C@H](C)Oc1nc(N)c2ncc(Cc3cnc(N4CCN(CCO)CC4)c(C)c3)n2n1. The Morgan fingerprint density at radius 1 is 1.18 bits per heavy atom. The maximum Gasteiger partial charge on any atom is 0.336 e. The monoisotopic (exact) mass is 454 g/mol. The molecular formula is C23H34N8O2. The lowest BCUT2D eigenvalue weighted by molar-refractivity contribution is 0.188. The number of aryl methyl sites for hydroxylation is 1. The number of nitrogens with zero attached hydrogens (tertiary/aromatic N) is 7. The summed E-state index contributed by atoms with van der Waals surface area (Å²) in [7, 11) is 0. The van der Waals surface area contributed by atoms with Crippen LogP contribution in [0.15, 0.2) is 18.5 Å². The van der Waals surface area contributed by atoms with Crippen molar-refractivity contribution in [2.45, 2.75) is 46.1 Å². The topological polar surface area (TPSA) is 118 Å². The third kappa shape index (κ3) is 5.33. The number of β-amino-alcohol motifs (C(OH)–C–C–N with tert-alkyl or cyclic N) is 1. The van der Waals surface area contributed by atoms with E-state index < -0.39 is 0 Å². The molecule has 1 aliphatic heterocycles. The molecule has 4 rings (SSSR count). The minimum Gasteiger partial charge on any atom is -0.459 e. The third-order valence-electron chi connectivity index (χ3n) is 6.02. The number of fused-ring (bicyclic) bond motifs is 1. The number of rotatable bonds is 9. The molecule has 1 saturated heterocycles. The van der Waals surface area contributed by atoms with Crippen LogP contribution in [-0.4, -0.2) is 80.0 Å². The standard InChI is InChI=1S/C23H34N8O2/c1-4-5-17(3)33-23-27-20(24)22-26-15-19(31(22)28-23)13-18-12-16(2)21(25-14-18)30-8-6-29(7-9-30)10-11-32/h12,14-15,17,32H,4-11,13H2,1-3H3,(H2,24,27,28)/t17-/m0/s1. The van der Waals surface area contributed by atoms with Crippen molar-refractivity contribution in [1.29, 1.82) is 0 Å². The van der Waals surface area contributed by atoms with Crippen LogP contribution in [0.4, 0.5) is 11.6 Å². The van der Waals surface area contributed by atoms with Crippen molar-refractivity contribution in [3.8, 4) is 6.01 Å². The molecule has 0 amide bonds. The number of pyridine rings is 1. The summed E-state index contributed by atoms with van der Waals surface area (Å²) in [5, 5.41) is 13.7. The molecule has 33 heavy (non-hydrogen) atoms. The first-order chi connectivity index (χ1) is 16.0. The van der Waals surface area contributed by atoms with Gasteiger partial charge in [0.1, 0.15) is 5.82 Å². The molecule has 0 aliphatic carbocycles. The van der Waals surface area contributed by atoms with E-state index in [2.05, 4.69) is 44.8 Å². The van der Waals surface area contributed by atoms with Crippen LogP contribution in [-0.2, 0) is 6.42 Å². The first kappa shape index (κ1) is 23.2. The summed E-state index contributed by atoms with van der Waals surface area (Å²) >= 11 is 0. The molecule has 0 radical (unpaired) electrons. The van der Waals surface area contributed by atoms with Crippen molar-refractivity contribution in [2.75, 3.05) is 50.0 Å². The molecule has 0 bridgehead atoms. The Hall–Kier alpha value is -2.98. The summed E-state index contributed by atoms with van der Waals surface area (Å²) in [5.74, 6) is 1.33. The van der Waals surface area contributed by atoms with Crippen molar-refractivity contribution in [1.82, 2.24) is 29.5 Å². The lowest BCUT2D eigenvalue weighted by atomic mass is 10.1. The van der Waals surface area contributed by atoms with Crippen LogP contribution in [0, 0.1) is 6.92 Å². The highest BCUT2D eigenvalue weighted by molar-refractivity contribution is 5.60. The summed E-state index contributed by atoms with van der Waals surface area (Å²) in [6.45, 7) is 10.9. The summed E-state index contributed by atoms with van der Waals surface area (Å²) < 4.78 is 7.58. The van der Waals surface area contributed by atoms with Gasteiger partial charge in [0.05, 0.1) is 24.6 Å². The smallest absolute Gasteiger partial charge is 0.336 e. The van der Waals surface area contributed by atoms with Gasteiger partial charge < -0.3 is 20.5 Å². The van der Waals surface area contributed by atoms with Gasteiger partial charge in [0.2, 0.25) is 0 Å². The second kappa shape index (κ2) is 10.3. The normalized spacial score (nSPS) is 15.8. The molecule has 10 heteroatoms. The second-order valence-corrected chi connectivity index (χ2v) is 8.69. The minimum atomic E-state index is 0.0173. The maximum absolute atomic E-state index is 9.14. The summed E-state index contributed by atoms with van der Waals surface area (Å²) in [6, 6.07) is 2.44. The van der Waals surface area contributed by atoms with Gasteiger partial charge in [-0.15, -0.1) is 5.10 Å². The number of ether oxygens (including phenoxy) is 1. The highest BCUT2D eigenvalue weighted by atomic mass is 16.5. The zero-order valence-corrected chi connectivity index (χ0v) is 19.7. The van der Waals surface area contributed by atoms with Crippen LogP contribution in [0.25, 0.3) is 5.65 Å². The van der Waals surface area contributed by atoms with Crippen molar-refractivity contribution in [3.63, 3.8) is 0 Å². The van der Waals surface area contributed by atoms with Crippen LogP contribution in [0.5, 0.6) is 6.01 Å². The molecule has 0 aromatic carbocycles. The van der Waals surface area contributed by atoms with E-state index in [9.17, 15) is 0 Å². The predicted molar refractivity (Wildman–Crippen MR) is 128 cm³/mol. The van der Waals surface area contributed by atoms with Gasteiger partial charge in [-0.2, -0.15) is 4.98 Å². The lowest BCUT2D eigenvalue weighted by Gasteiger charge is -2.35. The van der Waals surface area contributed by atoms with Crippen LogP contribution < -0.4 is 15.4 Å². The largest absolute Gasteiger partial charge is 0.459 e. The second-order valence-electron chi connectivity index (χ2n) is 8.69. The van der Waals surface area contributed by atoms with E-state index in [1.165, 1.54) is 0 Å². The van der Waals surface area contributed by atoms with E-state index in [1.807, 2.05) is 13.1 Å². The van der Waals surface area contributed by atoms with Crippen molar-refractivity contribution >= 4 is 17.3 Å². The average Bonchev–Trinajstić information content (AvgIpc) is 3.18. The first-order valence-corrected chi connectivity index (χ1v) is 11.7. The van der Waals surface area contributed by atoms with Gasteiger partial charge in [-0.25, -0.2) is 14.5 Å². The highest BCUT2D eigenvalue weighted by Crippen LogP contribution is 2.22. The number of nitrogen functional groups attached to an aromatic ring is 1. The molecule has 3 aromatic rings. The van der Waals surface area contributed by atoms with Gasteiger partial charge in [0.25, 0.3) is 0 Å². The van der Waals surface area contributed by atoms with Crippen LogP contribution in [0.2, 0.25) is 0 Å². The third-order valence-corrected chi connectivity index (χ3v) is 6.02. The van der Waals surface area contributed by atoms with Gasteiger partial charge in [-0.05, 0) is 31.4 Å². The fraction of sp³-hybridized carbons (Fsp3) is 0.565. The summed E-state index contributed by atoms with van der Waals surface area (Å²) in [5.41, 5.74) is 9.77. The number of anilines is 2. The molecule has 3 N–H and O–H groups in total. The number of aliphatic hydroxyl groups is 1. The Morgan fingerprint density at radius 2 is 1.97 bits per heavy atom. The van der Waals surface area contributed by atoms with Crippen molar-refractivity contribution in [2.24, 2.45) is 0 Å². The molecule has 4 heterocycles. The lowest BCUT2D eigenvalue weighted by Crippen LogP contribution is -2.47. The van der Waals surface area contributed by atoms with Crippen LogP contribution >= 0.6 is 0 Å². The Balaban J connectivity index is 1.50.